The number of methoxy groups -OCH3 is 2. The molecule has 9 heteroatoms. The highest BCUT2D eigenvalue weighted by molar-refractivity contribution is 6.76. The number of aromatic nitrogens is 2. The predicted molar refractivity (Wildman–Crippen MR) is 105 cm³/mol. The molecule has 1 aromatic heterocycles. The molecule has 1 aromatic carbocycles. The third kappa shape index (κ3) is 4.97. The summed E-state index contributed by atoms with van der Waals surface area (Å²) >= 11 is 6.33. The number of imidazole rings is 1. The fourth-order valence-electron chi connectivity index (χ4n) is 2.43. The lowest BCUT2D eigenvalue weighted by molar-refractivity contribution is 0.0865. The van der Waals surface area contributed by atoms with E-state index < -0.39 is 8.07 Å². The maximum atomic E-state index is 12.4. The molecule has 144 valence electrons. The second-order valence-electron chi connectivity index (χ2n) is 7.14. The monoisotopic (exact) mass is 399 g/mol. The second kappa shape index (κ2) is 8.85. The van der Waals surface area contributed by atoms with Gasteiger partial charge in [0.2, 0.25) is 0 Å². The number of hydrogen-bond acceptors (Lipinski definition) is 5. The number of fused-ring (bicyclic) bond motifs is 1. The van der Waals surface area contributed by atoms with E-state index >= 15 is 0 Å². The number of amides is 1. The fraction of sp³-hybridized carbons (Fsp3) is 0.529. The van der Waals surface area contributed by atoms with Gasteiger partial charge in [-0.15, -0.1) is 0 Å². The molecular weight excluding hydrogens is 374 g/mol. The number of hydrogen-bond donors (Lipinski definition) is 1. The molecule has 0 atom stereocenters. The molecule has 0 unspecified atom stereocenters. The van der Waals surface area contributed by atoms with Crippen LogP contribution < -0.4 is 10.1 Å². The molecule has 0 fully saturated rings. The van der Waals surface area contributed by atoms with Gasteiger partial charge < -0.3 is 24.1 Å². The van der Waals surface area contributed by atoms with Gasteiger partial charge in [-0.2, -0.15) is 0 Å². The van der Waals surface area contributed by atoms with Crippen LogP contribution in [-0.2, 0) is 16.2 Å². The number of nitrogens with zero attached hydrogens (tertiary/aromatic N) is 2. The van der Waals surface area contributed by atoms with Gasteiger partial charge in [-0.25, -0.2) is 4.98 Å². The van der Waals surface area contributed by atoms with Crippen LogP contribution in [0.25, 0.3) is 11.0 Å². The molecule has 0 aliphatic rings. The molecule has 0 radical (unpaired) electrons. The normalized spacial score (nSPS) is 11.8. The summed E-state index contributed by atoms with van der Waals surface area (Å²) in [5.41, 5.74) is 1.53. The Balaban J connectivity index is 2.32. The van der Waals surface area contributed by atoms with Gasteiger partial charge in [0.15, 0.2) is 5.75 Å². The highest BCUT2D eigenvalue weighted by Gasteiger charge is 2.21. The lowest BCUT2D eigenvalue weighted by atomic mass is 10.1. The lowest BCUT2D eigenvalue weighted by Crippen LogP contribution is -2.26. The summed E-state index contributed by atoms with van der Waals surface area (Å²) in [6, 6.07) is 2.62. The van der Waals surface area contributed by atoms with Gasteiger partial charge in [0.05, 0.1) is 24.0 Å². The zero-order valence-corrected chi connectivity index (χ0v) is 17.6. The Kier molecular flexibility index (Phi) is 7.05. The Bertz CT molecular complexity index is 773. The van der Waals surface area contributed by atoms with Gasteiger partial charge in [-0.05, 0) is 12.1 Å². The maximum absolute atomic E-state index is 12.4. The number of halogens is 1. The molecule has 0 aliphatic heterocycles. The summed E-state index contributed by atoms with van der Waals surface area (Å²) in [7, 11) is 1.86. The molecule has 1 heterocycles. The van der Waals surface area contributed by atoms with Crippen molar-refractivity contribution < 1.29 is 19.0 Å². The number of nitrogens with one attached hydrogen (secondary N) is 1. The minimum Gasteiger partial charge on any atom is -0.494 e. The van der Waals surface area contributed by atoms with Gasteiger partial charge in [-0.3, -0.25) is 4.79 Å². The summed E-state index contributed by atoms with van der Waals surface area (Å²) in [6.45, 7) is 8.00. The molecule has 2 aromatic rings. The Morgan fingerprint density at radius 3 is 2.69 bits per heavy atom. The lowest BCUT2D eigenvalue weighted by Gasteiger charge is -2.16. The van der Waals surface area contributed by atoms with Crippen LogP contribution in [0.15, 0.2) is 12.4 Å². The molecule has 0 spiro atoms. The zero-order chi connectivity index (χ0) is 19.3. The average Bonchev–Trinajstić information content (AvgIpc) is 3.00. The molecule has 1 N–H and O–H groups in total. The number of carbonyl (C=O) groups excluding carboxylic acids is 1. The third-order valence-corrected chi connectivity index (χ3v) is 5.84. The summed E-state index contributed by atoms with van der Waals surface area (Å²) in [5, 5.41) is 3.02. The maximum Gasteiger partial charge on any atom is 0.256 e. The largest absolute Gasteiger partial charge is 0.494 e. The van der Waals surface area contributed by atoms with Gasteiger partial charge in [0, 0.05) is 21.8 Å². The Morgan fingerprint density at radius 2 is 2.08 bits per heavy atom. The van der Waals surface area contributed by atoms with Crippen molar-refractivity contribution in [1.29, 1.82) is 0 Å². The van der Waals surface area contributed by atoms with E-state index in [1.54, 1.807) is 17.0 Å². The number of rotatable bonds is 9. The van der Waals surface area contributed by atoms with E-state index in [1.165, 1.54) is 14.2 Å². The van der Waals surface area contributed by atoms with Crippen molar-refractivity contribution in [2.24, 2.45) is 0 Å². The zero-order valence-electron chi connectivity index (χ0n) is 15.9. The number of ether oxygens (including phenoxy) is 3. The summed E-state index contributed by atoms with van der Waals surface area (Å²) in [6.07, 6.45) is 1.64. The molecule has 2 rings (SSSR count). The Morgan fingerprint density at radius 1 is 1.35 bits per heavy atom. The van der Waals surface area contributed by atoms with Crippen LogP contribution in [0.5, 0.6) is 5.75 Å². The predicted octanol–water partition coefficient (Wildman–Crippen LogP) is 3.34. The first-order chi connectivity index (χ1) is 12.3. The fourth-order valence-corrected chi connectivity index (χ4v) is 3.43. The van der Waals surface area contributed by atoms with Gasteiger partial charge >= 0.3 is 0 Å². The smallest absolute Gasteiger partial charge is 0.256 e. The van der Waals surface area contributed by atoms with Gasteiger partial charge in [-0.1, -0.05) is 31.2 Å². The van der Waals surface area contributed by atoms with Crippen molar-refractivity contribution in [3.63, 3.8) is 0 Å². The van der Waals surface area contributed by atoms with Crippen LogP contribution in [-0.4, -0.2) is 51.1 Å². The summed E-state index contributed by atoms with van der Waals surface area (Å²) < 4.78 is 18.0. The molecule has 26 heavy (non-hydrogen) atoms. The third-order valence-electron chi connectivity index (χ3n) is 3.85. The van der Waals surface area contributed by atoms with E-state index in [9.17, 15) is 4.79 Å². The first-order valence-electron chi connectivity index (χ1n) is 8.34. The first kappa shape index (κ1) is 20.7. The van der Waals surface area contributed by atoms with Crippen LogP contribution in [0.4, 0.5) is 0 Å². The minimum atomic E-state index is -1.16. The highest BCUT2D eigenvalue weighted by atomic mass is 35.5. The molecule has 0 saturated heterocycles. The van der Waals surface area contributed by atoms with E-state index in [4.69, 9.17) is 25.8 Å². The van der Waals surface area contributed by atoms with E-state index in [-0.39, 0.29) is 12.6 Å². The number of benzene rings is 1. The molecule has 0 bridgehead atoms. The van der Waals surface area contributed by atoms with Crippen LogP contribution in [0, 0.1) is 0 Å². The van der Waals surface area contributed by atoms with Gasteiger partial charge in [0.1, 0.15) is 24.5 Å². The Hall–Kier alpha value is -1.61. The highest BCUT2D eigenvalue weighted by Crippen LogP contribution is 2.34. The van der Waals surface area contributed by atoms with Crippen LogP contribution >= 0.6 is 11.6 Å². The molecular formula is C17H26ClN3O4Si. The molecule has 0 aliphatic carbocycles. The van der Waals surface area contributed by atoms with Crippen molar-refractivity contribution in [3.8, 4) is 5.75 Å². The molecule has 0 saturated carbocycles. The number of carbonyl (C=O) groups is 1. The topological polar surface area (TPSA) is 74.6 Å². The van der Waals surface area contributed by atoms with E-state index in [0.717, 1.165) is 6.04 Å². The Labute approximate surface area is 159 Å². The van der Waals surface area contributed by atoms with Crippen molar-refractivity contribution in [1.82, 2.24) is 14.9 Å². The van der Waals surface area contributed by atoms with Crippen molar-refractivity contribution in [3.05, 3.63) is 23.0 Å². The van der Waals surface area contributed by atoms with Crippen LogP contribution in [0.3, 0.4) is 0 Å². The van der Waals surface area contributed by atoms with Crippen molar-refractivity contribution in [2.75, 3.05) is 27.6 Å². The van der Waals surface area contributed by atoms with Crippen molar-refractivity contribution >= 4 is 36.6 Å². The van der Waals surface area contributed by atoms with Crippen LogP contribution in [0.2, 0.25) is 30.7 Å². The average molecular weight is 400 g/mol. The second-order valence-corrected chi connectivity index (χ2v) is 13.2. The quantitative estimate of drug-likeness (QED) is 0.397. The molecule has 7 nitrogen and oxygen atoms in total. The summed E-state index contributed by atoms with van der Waals surface area (Å²) in [5.74, 6) is 0.0733. The summed E-state index contributed by atoms with van der Waals surface area (Å²) in [4.78, 5) is 16.7. The van der Waals surface area contributed by atoms with E-state index in [0.29, 0.717) is 40.7 Å². The van der Waals surface area contributed by atoms with E-state index in [2.05, 4.69) is 29.9 Å². The molecule has 1 amide bonds. The first-order valence-corrected chi connectivity index (χ1v) is 12.4. The SMILES string of the molecule is COCNC(=O)c1cc(Cl)c2ncn(COCC[Si](C)(C)C)c2c1OC. The van der Waals surface area contributed by atoms with Crippen molar-refractivity contribution in [2.45, 2.75) is 32.4 Å². The standard InChI is InChI=1S/C17H26ClN3O4Si/c1-23-10-20-17(22)12-8-13(18)14-15(16(12)24-2)21(9-19-14)11-25-6-7-26(3,4)5/h8-9H,6-7,10-11H2,1-5H3,(H,20,22). The minimum absolute atomic E-state index is 0.0940. The van der Waals surface area contributed by atoms with Gasteiger partial charge in [0.25, 0.3) is 5.91 Å². The van der Waals surface area contributed by atoms with Crippen LogP contribution in [0.1, 0.15) is 10.4 Å². The van der Waals surface area contributed by atoms with E-state index in [1.807, 2.05) is 0 Å².